The van der Waals surface area contributed by atoms with E-state index in [0.717, 1.165) is 12.1 Å². The molecule has 4 aromatic rings. The topological polar surface area (TPSA) is 69.2 Å². The zero-order chi connectivity index (χ0) is 23.0. The lowest BCUT2D eigenvalue weighted by Gasteiger charge is -2.07. The maximum Gasteiger partial charge on any atom is 0.416 e. The van der Waals surface area contributed by atoms with Crippen LogP contribution in [-0.2, 0) is 13.2 Å². The highest BCUT2D eigenvalue weighted by Crippen LogP contribution is 2.32. The summed E-state index contributed by atoms with van der Waals surface area (Å²) >= 11 is 0. The van der Waals surface area contributed by atoms with Crippen molar-refractivity contribution < 1.29 is 22.4 Å². The molecule has 0 fully saturated rings. The zero-order valence-corrected chi connectivity index (χ0v) is 17.1. The Kier molecular flexibility index (Phi) is 5.25. The van der Waals surface area contributed by atoms with Crippen molar-refractivity contribution in [2.45, 2.75) is 13.1 Å². The van der Waals surface area contributed by atoms with Crippen LogP contribution in [0.2, 0.25) is 0 Å². The number of benzene rings is 2. The maximum atomic E-state index is 13.0. The molecular formula is C23H18F3N3O3. The number of rotatable bonds is 4. The van der Waals surface area contributed by atoms with Gasteiger partial charge in [-0.25, -0.2) is 4.68 Å². The summed E-state index contributed by atoms with van der Waals surface area (Å²) in [6.45, 7) is 1.69. The summed E-state index contributed by atoms with van der Waals surface area (Å²) in [7, 11) is 1.69. The third-order valence-electron chi connectivity index (χ3n) is 5.10. The van der Waals surface area contributed by atoms with E-state index in [1.54, 1.807) is 42.9 Å². The second-order valence-corrected chi connectivity index (χ2v) is 7.13. The van der Waals surface area contributed by atoms with Crippen LogP contribution < -0.4 is 10.9 Å². The number of anilines is 1. The van der Waals surface area contributed by atoms with Crippen LogP contribution in [0, 0.1) is 6.92 Å². The third-order valence-corrected chi connectivity index (χ3v) is 5.10. The van der Waals surface area contributed by atoms with Crippen molar-refractivity contribution in [3.8, 4) is 17.0 Å². The number of halogens is 3. The zero-order valence-electron chi connectivity index (χ0n) is 17.1. The van der Waals surface area contributed by atoms with Crippen molar-refractivity contribution in [1.82, 2.24) is 9.36 Å². The molecule has 2 aromatic carbocycles. The molecule has 6 nitrogen and oxygen atoms in total. The summed E-state index contributed by atoms with van der Waals surface area (Å²) in [5.74, 6) is -0.715. The molecule has 0 bridgehead atoms. The van der Waals surface area contributed by atoms with Gasteiger partial charge in [-0.3, -0.25) is 14.3 Å². The molecule has 0 unspecified atom stereocenters. The Bertz CT molecular complexity index is 1350. The fourth-order valence-electron chi connectivity index (χ4n) is 3.35. The lowest BCUT2D eigenvalue weighted by Crippen LogP contribution is -2.22. The highest BCUT2D eigenvalue weighted by molar-refractivity contribution is 6.02. The van der Waals surface area contributed by atoms with Gasteiger partial charge in [0, 0.05) is 12.6 Å². The number of carbonyl (C=O) groups excluding carboxylic acids is 1. The number of hydrogen-bond acceptors (Lipinski definition) is 3. The van der Waals surface area contributed by atoms with E-state index in [2.05, 4.69) is 5.32 Å². The molecule has 0 aliphatic carbocycles. The van der Waals surface area contributed by atoms with Gasteiger partial charge >= 0.3 is 6.18 Å². The summed E-state index contributed by atoms with van der Waals surface area (Å²) in [5.41, 5.74) is 0.179. The van der Waals surface area contributed by atoms with E-state index in [1.807, 2.05) is 6.07 Å². The van der Waals surface area contributed by atoms with Crippen LogP contribution in [0.25, 0.3) is 17.0 Å². The number of nitrogens with one attached hydrogen (secondary N) is 1. The van der Waals surface area contributed by atoms with Gasteiger partial charge in [-0.2, -0.15) is 13.2 Å². The minimum absolute atomic E-state index is 0.0818. The first kappa shape index (κ1) is 21.2. The number of aromatic nitrogens is 2. The van der Waals surface area contributed by atoms with Gasteiger partial charge in [0.05, 0.1) is 16.9 Å². The van der Waals surface area contributed by atoms with Gasteiger partial charge in [0.2, 0.25) is 0 Å². The third kappa shape index (κ3) is 3.84. The van der Waals surface area contributed by atoms with Gasteiger partial charge in [-0.15, -0.1) is 0 Å². The van der Waals surface area contributed by atoms with Crippen molar-refractivity contribution in [2.24, 2.45) is 7.05 Å². The minimum Gasteiger partial charge on any atom is -0.451 e. The first-order valence-corrected chi connectivity index (χ1v) is 9.59. The molecule has 2 aromatic heterocycles. The SMILES string of the molecule is Cc1c(NC(=O)c2ccc(-c3cccc(C(F)(F)F)c3)o2)c(=O)n(-c2ccccc2)n1C. The standard InChI is InChI=1S/C23H18F3N3O3/c1-14-20(22(31)29(28(14)2)17-9-4-3-5-10-17)27-21(30)19-12-11-18(32-19)15-7-6-8-16(13-15)23(24,25)26/h3-13H,1-2H3,(H,27,30). The van der Waals surface area contributed by atoms with Crippen molar-refractivity contribution >= 4 is 11.6 Å². The van der Waals surface area contributed by atoms with Crippen molar-refractivity contribution in [3.05, 3.63) is 94.1 Å². The van der Waals surface area contributed by atoms with Crippen molar-refractivity contribution in [2.75, 3.05) is 5.32 Å². The van der Waals surface area contributed by atoms with Gasteiger partial charge in [0.15, 0.2) is 5.76 Å². The maximum absolute atomic E-state index is 13.0. The lowest BCUT2D eigenvalue weighted by molar-refractivity contribution is -0.137. The number of furan rings is 1. The summed E-state index contributed by atoms with van der Waals surface area (Å²) in [4.78, 5) is 25.6. The number of para-hydroxylation sites is 1. The number of amides is 1. The van der Waals surface area contributed by atoms with Gasteiger partial charge in [-0.1, -0.05) is 30.3 Å². The Balaban J connectivity index is 1.62. The smallest absolute Gasteiger partial charge is 0.416 e. The number of hydrogen-bond donors (Lipinski definition) is 1. The largest absolute Gasteiger partial charge is 0.451 e. The molecule has 0 saturated carbocycles. The first-order valence-electron chi connectivity index (χ1n) is 9.59. The van der Waals surface area contributed by atoms with E-state index < -0.39 is 23.2 Å². The second-order valence-electron chi connectivity index (χ2n) is 7.13. The van der Waals surface area contributed by atoms with Crippen LogP contribution in [0.3, 0.4) is 0 Å². The van der Waals surface area contributed by atoms with E-state index >= 15 is 0 Å². The summed E-state index contributed by atoms with van der Waals surface area (Å²) in [6, 6.07) is 16.3. The molecule has 1 N–H and O–H groups in total. The van der Waals surface area contributed by atoms with Gasteiger partial charge in [0.25, 0.3) is 11.5 Å². The Labute approximate surface area is 180 Å². The second kappa shape index (κ2) is 7.92. The molecule has 1 amide bonds. The average molecular weight is 441 g/mol. The van der Waals surface area contributed by atoms with Crippen LogP contribution in [0.4, 0.5) is 18.9 Å². The predicted octanol–water partition coefficient (Wildman–Crippen LogP) is 5.02. The predicted molar refractivity (Wildman–Crippen MR) is 113 cm³/mol. The minimum atomic E-state index is -4.49. The highest BCUT2D eigenvalue weighted by Gasteiger charge is 2.30. The van der Waals surface area contributed by atoms with Crippen LogP contribution in [0.1, 0.15) is 21.8 Å². The molecule has 9 heteroatoms. The molecule has 0 aliphatic rings. The van der Waals surface area contributed by atoms with Crippen LogP contribution >= 0.6 is 0 Å². The fourth-order valence-corrected chi connectivity index (χ4v) is 3.35. The monoisotopic (exact) mass is 441 g/mol. The van der Waals surface area contributed by atoms with Gasteiger partial charge in [-0.05, 0) is 43.3 Å². The number of nitrogens with zero attached hydrogens (tertiary/aromatic N) is 2. The molecule has 0 saturated heterocycles. The van der Waals surface area contributed by atoms with E-state index in [4.69, 9.17) is 4.42 Å². The van der Waals surface area contributed by atoms with Crippen molar-refractivity contribution in [1.29, 1.82) is 0 Å². The Morgan fingerprint density at radius 1 is 1.00 bits per heavy atom. The average Bonchev–Trinajstić information content (AvgIpc) is 3.34. The van der Waals surface area contributed by atoms with Gasteiger partial charge < -0.3 is 9.73 Å². The molecule has 2 heterocycles. The van der Waals surface area contributed by atoms with Crippen LogP contribution in [0.15, 0.2) is 75.9 Å². The number of carbonyl (C=O) groups is 1. The highest BCUT2D eigenvalue weighted by atomic mass is 19.4. The van der Waals surface area contributed by atoms with E-state index in [9.17, 15) is 22.8 Å². The molecule has 4 rings (SSSR count). The normalized spacial score (nSPS) is 11.5. The van der Waals surface area contributed by atoms with Crippen molar-refractivity contribution in [3.63, 3.8) is 0 Å². The molecule has 0 atom stereocenters. The Morgan fingerprint density at radius 2 is 1.72 bits per heavy atom. The fraction of sp³-hybridized carbons (Fsp3) is 0.130. The molecule has 32 heavy (non-hydrogen) atoms. The Morgan fingerprint density at radius 3 is 2.41 bits per heavy atom. The number of alkyl halides is 3. The van der Waals surface area contributed by atoms with E-state index in [1.165, 1.54) is 28.9 Å². The van der Waals surface area contributed by atoms with E-state index in [0.29, 0.717) is 11.4 Å². The van der Waals surface area contributed by atoms with Crippen LogP contribution in [-0.4, -0.2) is 15.3 Å². The van der Waals surface area contributed by atoms with Gasteiger partial charge in [0.1, 0.15) is 11.4 Å². The quantitative estimate of drug-likeness (QED) is 0.484. The molecule has 0 spiro atoms. The van der Waals surface area contributed by atoms with E-state index in [-0.39, 0.29) is 22.8 Å². The summed E-state index contributed by atoms with van der Waals surface area (Å²) in [6.07, 6.45) is -4.49. The first-order chi connectivity index (χ1) is 15.2. The lowest BCUT2D eigenvalue weighted by atomic mass is 10.1. The molecule has 164 valence electrons. The molecular weight excluding hydrogens is 423 g/mol. The summed E-state index contributed by atoms with van der Waals surface area (Å²) < 4.78 is 47.4. The molecule has 0 radical (unpaired) electrons. The summed E-state index contributed by atoms with van der Waals surface area (Å²) in [5, 5.41) is 2.56. The molecule has 0 aliphatic heterocycles. The Hall–Kier alpha value is -4.01. The van der Waals surface area contributed by atoms with Crippen LogP contribution in [0.5, 0.6) is 0 Å².